The number of cyclic esters (lactones) is 1. The van der Waals surface area contributed by atoms with Gasteiger partial charge in [-0.3, -0.25) is 4.79 Å². The van der Waals surface area contributed by atoms with E-state index >= 15 is 0 Å². The first kappa shape index (κ1) is 9.04. The standard InChI is InChI=1S/C10H14O2/c1-2-3-4-5-6-9-7-8-10(11)12-9/h3-4,6H,2,5,7-8H2,1H3/b4-3-,9-6?. The average Bonchev–Trinajstić information content (AvgIpc) is 2.45. The molecule has 0 aromatic rings. The fourth-order valence-corrected chi connectivity index (χ4v) is 1.08. The third-order valence-electron chi connectivity index (χ3n) is 1.70. The molecular formula is C10H14O2. The number of allylic oxidation sites excluding steroid dienone is 4. The van der Waals surface area contributed by atoms with Crippen molar-refractivity contribution < 1.29 is 9.53 Å². The predicted molar refractivity (Wildman–Crippen MR) is 47.5 cm³/mol. The summed E-state index contributed by atoms with van der Waals surface area (Å²) in [4.78, 5) is 10.7. The van der Waals surface area contributed by atoms with Crippen molar-refractivity contribution in [2.24, 2.45) is 0 Å². The predicted octanol–water partition coefficient (Wildman–Crippen LogP) is 2.56. The van der Waals surface area contributed by atoms with Crippen molar-refractivity contribution in [3.8, 4) is 0 Å². The number of carbonyl (C=O) groups excluding carboxylic acids is 1. The lowest BCUT2D eigenvalue weighted by Gasteiger charge is -1.92. The topological polar surface area (TPSA) is 26.3 Å². The lowest BCUT2D eigenvalue weighted by molar-refractivity contribution is -0.135. The maximum Gasteiger partial charge on any atom is 0.311 e. The molecule has 1 aliphatic rings. The molecule has 0 aromatic carbocycles. The van der Waals surface area contributed by atoms with Crippen LogP contribution in [-0.2, 0) is 9.53 Å². The highest BCUT2D eigenvalue weighted by Crippen LogP contribution is 2.17. The first-order chi connectivity index (χ1) is 5.83. The van der Waals surface area contributed by atoms with Gasteiger partial charge in [-0.2, -0.15) is 0 Å². The van der Waals surface area contributed by atoms with Crippen molar-refractivity contribution >= 4 is 5.97 Å². The van der Waals surface area contributed by atoms with E-state index in [9.17, 15) is 4.79 Å². The number of esters is 1. The van der Waals surface area contributed by atoms with Gasteiger partial charge in [0, 0.05) is 6.42 Å². The van der Waals surface area contributed by atoms with Gasteiger partial charge in [-0.1, -0.05) is 19.1 Å². The van der Waals surface area contributed by atoms with Crippen LogP contribution in [0.5, 0.6) is 0 Å². The van der Waals surface area contributed by atoms with Crippen molar-refractivity contribution in [1.82, 2.24) is 0 Å². The number of hydrogen-bond donors (Lipinski definition) is 0. The lowest BCUT2D eigenvalue weighted by Crippen LogP contribution is -1.88. The zero-order chi connectivity index (χ0) is 8.81. The second kappa shape index (κ2) is 4.75. The summed E-state index contributed by atoms with van der Waals surface area (Å²) in [5.74, 6) is 0.737. The number of carbonyl (C=O) groups is 1. The number of hydrogen-bond acceptors (Lipinski definition) is 2. The van der Waals surface area contributed by atoms with Crippen LogP contribution in [0.25, 0.3) is 0 Å². The first-order valence-corrected chi connectivity index (χ1v) is 4.37. The third kappa shape index (κ3) is 2.91. The van der Waals surface area contributed by atoms with Crippen LogP contribution in [-0.4, -0.2) is 5.97 Å². The quantitative estimate of drug-likeness (QED) is 0.475. The minimum Gasteiger partial charge on any atom is -0.431 e. The second-order valence-electron chi connectivity index (χ2n) is 2.76. The van der Waals surface area contributed by atoms with Gasteiger partial charge in [0.05, 0.1) is 6.42 Å². The Morgan fingerprint density at radius 2 is 2.25 bits per heavy atom. The van der Waals surface area contributed by atoms with E-state index in [1.807, 2.05) is 6.08 Å². The van der Waals surface area contributed by atoms with E-state index in [1.165, 1.54) is 0 Å². The number of rotatable bonds is 3. The van der Waals surface area contributed by atoms with E-state index in [4.69, 9.17) is 4.74 Å². The summed E-state index contributed by atoms with van der Waals surface area (Å²) in [7, 11) is 0. The molecule has 1 saturated heterocycles. The summed E-state index contributed by atoms with van der Waals surface area (Å²) in [5.41, 5.74) is 0. The van der Waals surface area contributed by atoms with Gasteiger partial charge in [0.15, 0.2) is 0 Å². The molecule has 1 fully saturated rings. The molecule has 0 amide bonds. The van der Waals surface area contributed by atoms with Crippen LogP contribution in [0.4, 0.5) is 0 Å². The molecule has 0 aliphatic carbocycles. The molecule has 0 atom stereocenters. The van der Waals surface area contributed by atoms with Crippen molar-refractivity contribution in [3.05, 3.63) is 24.0 Å². The minimum absolute atomic E-state index is 0.0966. The molecule has 0 saturated carbocycles. The van der Waals surface area contributed by atoms with E-state index in [-0.39, 0.29) is 5.97 Å². The van der Waals surface area contributed by atoms with Crippen LogP contribution in [0.15, 0.2) is 24.0 Å². The summed E-state index contributed by atoms with van der Waals surface area (Å²) in [5, 5.41) is 0. The number of ether oxygens (including phenoxy) is 1. The molecule has 1 rings (SSSR count). The van der Waals surface area contributed by atoms with Gasteiger partial charge in [0.1, 0.15) is 5.76 Å². The summed E-state index contributed by atoms with van der Waals surface area (Å²) >= 11 is 0. The van der Waals surface area contributed by atoms with Gasteiger partial charge in [0.2, 0.25) is 0 Å². The molecule has 2 heteroatoms. The monoisotopic (exact) mass is 166 g/mol. The highest BCUT2D eigenvalue weighted by molar-refractivity contribution is 5.73. The summed E-state index contributed by atoms with van der Waals surface area (Å²) in [6, 6.07) is 0. The SMILES string of the molecule is CC/C=C\CC=C1CCC(=O)O1. The largest absolute Gasteiger partial charge is 0.431 e. The highest BCUT2D eigenvalue weighted by atomic mass is 16.5. The Balaban J connectivity index is 2.28. The van der Waals surface area contributed by atoms with E-state index < -0.39 is 0 Å². The fourth-order valence-electron chi connectivity index (χ4n) is 1.08. The van der Waals surface area contributed by atoms with E-state index in [0.29, 0.717) is 6.42 Å². The van der Waals surface area contributed by atoms with E-state index in [0.717, 1.165) is 25.0 Å². The van der Waals surface area contributed by atoms with Crippen molar-refractivity contribution in [3.63, 3.8) is 0 Å². The van der Waals surface area contributed by atoms with Gasteiger partial charge in [0.25, 0.3) is 0 Å². The summed E-state index contributed by atoms with van der Waals surface area (Å²) < 4.78 is 4.93. The fraction of sp³-hybridized carbons (Fsp3) is 0.500. The Morgan fingerprint density at radius 1 is 1.42 bits per heavy atom. The molecule has 66 valence electrons. The molecule has 0 bridgehead atoms. The molecule has 0 unspecified atom stereocenters. The van der Waals surface area contributed by atoms with Crippen LogP contribution in [0.2, 0.25) is 0 Å². The van der Waals surface area contributed by atoms with E-state index in [1.54, 1.807) is 0 Å². The molecule has 0 radical (unpaired) electrons. The highest BCUT2D eigenvalue weighted by Gasteiger charge is 2.15. The Labute approximate surface area is 72.9 Å². The molecule has 0 N–H and O–H groups in total. The molecule has 12 heavy (non-hydrogen) atoms. The van der Waals surface area contributed by atoms with Gasteiger partial charge < -0.3 is 4.74 Å². The van der Waals surface area contributed by atoms with Crippen LogP contribution in [0.3, 0.4) is 0 Å². The van der Waals surface area contributed by atoms with Crippen LogP contribution < -0.4 is 0 Å². The Kier molecular flexibility index (Phi) is 3.58. The van der Waals surface area contributed by atoms with Gasteiger partial charge >= 0.3 is 5.97 Å². The normalized spacial score (nSPS) is 20.8. The van der Waals surface area contributed by atoms with Gasteiger partial charge in [-0.15, -0.1) is 0 Å². The maximum absolute atomic E-state index is 10.7. The Bertz CT molecular complexity index is 214. The smallest absolute Gasteiger partial charge is 0.311 e. The molecule has 2 nitrogen and oxygen atoms in total. The Morgan fingerprint density at radius 3 is 2.83 bits per heavy atom. The minimum atomic E-state index is -0.0966. The maximum atomic E-state index is 10.7. The van der Waals surface area contributed by atoms with E-state index in [2.05, 4.69) is 19.1 Å². The molecular weight excluding hydrogens is 152 g/mol. The van der Waals surface area contributed by atoms with Crippen molar-refractivity contribution in [2.45, 2.75) is 32.6 Å². The molecule has 1 aliphatic heterocycles. The lowest BCUT2D eigenvalue weighted by atomic mass is 10.2. The van der Waals surface area contributed by atoms with Crippen LogP contribution in [0, 0.1) is 0 Å². The Hall–Kier alpha value is -1.05. The summed E-state index contributed by atoms with van der Waals surface area (Å²) in [6.45, 7) is 2.10. The molecule has 1 heterocycles. The summed E-state index contributed by atoms with van der Waals surface area (Å²) in [6.07, 6.45) is 9.41. The van der Waals surface area contributed by atoms with Crippen LogP contribution in [0.1, 0.15) is 32.6 Å². The average molecular weight is 166 g/mol. The van der Waals surface area contributed by atoms with Gasteiger partial charge in [-0.05, 0) is 18.9 Å². The second-order valence-corrected chi connectivity index (χ2v) is 2.76. The zero-order valence-electron chi connectivity index (χ0n) is 7.38. The third-order valence-corrected chi connectivity index (χ3v) is 1.70. The van der Waals surface area contributed by atoms with Crippen molar-refractivity contribution in [1.29, 1.82) is 0 Å². The molecule has 0 spiro atoms. The first-order valence-electron chi connectivity index (χ1n) is 4.37. The molecule has 0 aromatic heterocycles. The zero-order valence-corrected chi connectivity index (χ0v) is 7.38. The van der Waals surface area contributed by atoms with Gasteiger partial charge in [-0.25, -0.2) is 0 Å². The van der Waals surface area contributed by atoms with Crippen LogP contribution >= 0.6 is 0 Å². The van der Waals surface area contributed by atoms with Crippen molar-refractivity contribution in [2.75, 3.05) is 0 Å².